The number of hydrogen-bond acceptors (Lipinski definition) is 2. The zero-order valence-corrected chi connectivity index (χ0v) is 10.5. The van der Waals surface area contributed by atoms with E-state index in [1.165, 1.54) is 12.8 Å². The predicted molar refractivity (Wildman–Crippen MR) is 59.6 cm³/mol. The fraction of sp³-hybridized carbons (Fsp3) is 0.800. The van der Waals surface area contributed by atoms with Gasteiger partial charge in [0.1, 0.15) is 15.4 Å². The van der Waals surface area contributed by atoms with Crippen molar-refractivity contribution in [2.75, 3.05) is 13.2 Å². The molecule has 0 atom stereocenters. The van der Waals surface area contributed by atoms with Crippen molar-refractivity contribution in [1.82, 2.24) is 0 Å². The Labute approximate surface area is 84.1 Å². The summed E-state index contributed by atoms with van der Waals surface area (Å²) >= 11 is 0. The molecule has 0 aliphatic rings. The second-order valence-electron chi connectivity index (χ2n) is 2.84. The van der Waals surface area contributed by atoms with E-state index >= 15 is 0 Å². The van der Waals surface area contributed by atoms with E-state index in [-0.39, 0.29) is 15.4 Å². The average Bonchev–Trinajstić information content (AvgIpc) is 2.13. The van der Waals surface area contributed by atoms with Crippen LogP contribution in [0.1, 0.15) is 33.6 Å². The summed E-state index contributed by atoms with van der Waals surface area (Å²) in [6.07, 6.45) is 4.65. The molecular weight excluding hydrogens is 180 g/mol. The molecule has 0 saturated heterocycles. The third-order valence-corrected chi connectivity index (χ3v) is 3.12. The van der Waals surface area contributed by atoms with Gasteiger partial charge in [0, 0.05) is 13.2 Å². The molecule has 13 heavy (non-hydrogen) atoms. The first-order valence-electron chi connectivity index (χ1n) is 5.23. The quantitative estimate of drug-likeness (QED) is 0.441. The Morgan fingerprint density at radius 1 is 1.15 bits per heavy atom. The molecule has 0 rings (SSSR count). The molecule has 0 aromatic rings. The van der Waals surface area contributed by atoms with Crippen LogP contribution >= 0.6 is 0 Å². The van der Waals surface area contributed by atoms with E-state index in [1.807, 2.05) is 13.8 Å². The Balaban J connectivity index is 3.54. The third kappa shape index (κ3) is 8.21. The molecule has 78 valence electrons. The van der Waals surface area contributed by atoms with Gasteiger partial charge in [0.25, 0.3) is 0 Å². The highest BCUT2D eigenvalue weighted by Crippen LogP contribution is 1.95. The minimum Gasteiger partial charge on any atom is -0.357 e. The SMILES string of the molecule is CCCC=C[SiH2]C(OCC)OCC. The molecule has 3 heteroatoms. The van der Waals surface area contributed by atoms with Crippen molar-refractivity contribution < 1.29 is 9.47 Å². The van der Waals surface area contributed by atoms with E-state index in [4.69, 9.17) is 9.47 Å². The second-order valence-corrected chi connectivity index (χ2v) is 4.45. The van der Waals surface area contributed by atoms with Crippen LogP contribution in [0.2, 0.25) is 0 Å². The molecule has 0 saturated carbocycles. The van der Waals surface area contributed by atoms with Crippen LogP contribution in [-0.4, -0.2) is 28.6 Å². The van der Waals surface area contributed by atoms with Gasteiger partial charge in [-0.3, -0.25) is 0 Å². The molecule has 0 unspecified atom stereocenters. The lowest BCUT2D eigenvalue weighted by atomic mass is 10.3. The molecule has 0 N–H and O–H groups in total. The van der Waals surface area contributed by atoms with Crippen molar-refractivity contribution in [2.24, 2.45) is 0 Å². The highest BCUT2D eigenvalue weighted by atomic mass is 28.2. The largest absolute Gasteiger partial charge is 0.357 e. The van der Waals surface area contributed by atoms with E-state index < -0.39 is 0 Å². The van der Waals surface area contributed by atoms with Crippen LogP contribution in [0.3, 0.4) is 0 Å². The third-order valence-electron chi connectivity index (χ3n) is 1.66. The molecule has 2 nitrogen and oxygen atoms in total. The smallest absolute Gasteiger partial charge is 0.139 e. The maximum atomic E-state index is 5.45. The molecule has 0 aliphatic carbocycles. The molecule has 0 fully saturated rings. The predicted octanol–water partition coefficient (Wildman–Crippen LogP) is 1.83. The van der Waals surface area contributed by atoms with Gasteiger partial charge in [-0.1, -0.05) is 25.1 Å². The molecule has 0 aromatic carbocycles. The van der Waals surface area contributed by atoms with Crippen LogP contribution < -0.4 is 0 Å². The lowest BCUT2D eigenvalue weighted by molar-refractivity contribution is -0.0818. The van der Waals surface area contributed by atoms with Gasteiger partial charge in [-0.2, -0.15) is 0 Å². The summed E-state index contributed by atoms with van der Waals surface area (Å²) in [7, 11) is -0.342. The molecule has 0 heterocycles. The monoisotopic (exact) mass is 202 g/mol. The van der Waals surface area contributed by atoms with Gasteiger partial charge < -0.3 is 9.47 Å². The van der Waals surface area contributed by atoms with E-state index in [1.54, 1.807) is 0 Å². The van der Waals surface area contributed by atoms with E-state index in [9.17, 15) is 0 Å². The van der Waals surface area contributed by atoms with Gasteiger partial charge in [-0.25, -0.2) is 0 Å². The van der Waals surface area contributed by atoms with Crippen LogP contribution in [-0.2, 0) is 9.47 Å². The Hall–Kier alpha value is -0.123. The summed E-state index contributed by atoms with van der Waals surface area (Å²) in [5.41, 5.74) is 2.28. The Morgan fingerprint density at radius 2 is 1.77 bits per heavy atom. The highest BCUT2D eigenvalue weighted by molar-refractivity contribution is 6.43. The summed E-state index contributed by atoms with van der Waals surface area (Å²) < 4.78 is 10.9. The van der Waals surface area contributed by atoms with Gasteiger partial charge in [-0.05, 0) is 20.3 Å². The summed E-state index contributed by atoms with van der Waals surface area (Å²) in [5, 5.41) is 0. The van der Waals surface area contributed by atoms with Crippen molar-refractivity contribution in [3.05, 3.63) is 11.8 Å². The average molecular weight is 202 g/mol. The molecular formula is C10H22O2Si. The van der Waals surface area contributed by atoms with Gasteiger partial charge in [0.05, 0.1) is 0 Å². The van der Waals surface area contributed by atoms with Crippen LogP contribution in [0.15, 0.2) is 11.8 Å². The zero-order valence-electron chi connectivity index (χ0n) is 9.08. The lowest BCUT2D eigenvalue weighted by Gasteiger charge is -2.14. The van der Waals surface area contributed by atoms with Crippen LogP contribution in [0.25, 0.3) is 0 Å². The summed E-state index contributed by atoms with van der Waals surface area (Å²) in [4.78, 5) is 0. The van der Waals surface area contributed by atoms with Gasteiger partial charge >= 0.3 is 0 Å². The summed E-state index contributed by atoms with van der Waals surface area (Å²) in [6.45, 7) is 7.71. The lowest BCUT2D eigenvalue weighted by Crippen LogP contribution is -2.23. The van der Waals surface area contributed by atoms with Crippen molar-refractivity contribution >= 4 is 9.52 Å². The van der Waals surface area contributed by atoms with Crippen LogP contribution in [0.4, 0.5) is 0 Å². The maximum absolute atomic E-state index is 5.45. The minimum absolute atomic E-state index is 0.0862. The first-order chi connectivity index (χ1) is 6.35. The van der Waals surface area contributed by atoms with Crippen molar-refractivity contribution in [3.63, 3.8) is 0 Å². The van der Waals surface area contributed by atoms with E-state index in [0.717, 1.165) is 13.2 Å². The summed E-state index contributed by atoms with van der Waals surface area (Å²) in [6, 6.07) is 0. The second kappa shape index (κ2) is 9.96. The van der Waals surface area contributed by atoms with Crippen molar-refractivity contribution in [3.8, 4) is 0 Å². The Bertz CT molecular complexity index is 120. The van der Waals surface area contributed by atoms with Crippen LogP contribution in [0.5, 0.6) is 0 Å². The van der Waals surface area contributed by atoms with Gasteiger partial charge in [0.2, 0.25) is 0 Å². The number of hydrogen-bond donors (Lipinski definition) is 0. The molecule has 0 aromatic heterocycles. The normalized spacial score (nSPS) is 12.6. The van der Waals surface area contributed by atoms with Crippen molar-refractivity contribution in [1.29, 1.82) is 0 Å². The molecule has 0 aliphatic heterocycles. The number of rotatable bonds is 8. The van der Waals surface area contributed by atoms with E-state index in [0.29, 0.717) is 0 Å². The molecule has 0 spiro atoms. The standard InChI is InChI=1S/C10H22O2Si/c1-4-7-8-9-13-10(11-5-2)12-6-3/h8-10H,4-7,13H2,1-3H3. The van der Waals surface area contributed by atoms with E-state index in [2.05, 4.69) is 18.7 Å². The Morgan fingerprint density at radius 3 is 2.23 bits per heavy atom. The van der Waals surface area contributed by atoms with Gasteiger partial charge in [-0.15, -0.1) is 0 Å². The first kappa shape index (κ1) is 12.9. The highest BCUT2D eigenvalue weighted by Gasteiger charge is 2.04. The molecule has 0 radical (unpaired) electrons. The zero-order chi connectivity index (χ0) is 9.94. The van der Waals surface area contributed by atoms with Gasteiger partial charge in [0.15, 0.2) is 0 Å². The minimum atomic E-state index is -0.342. The number of allylic oxidation sites excluding steroid dienone is 1. The number of ether oxygens (including phenoxy) is 2. The number of unbranched alkanes of at least 4 members (excludes halogenated alkanes) is 1. The molecule has 0 bridgehead atoms. The molecule has 0 amide bonds. The maximum Gasteiger partial charge on any atom is 0.139 e. The summed E-state index contributed by atoms with van der Waals surface area (Å²) in [5.74, 6) is 0.0862. The van der Waals surface area contributed by atoms with Crippen molar-refractivity contribution in [2.45, 2.75) is 39.5 Å². The van der Waals surface area contributed by atoms with Crippen LogP contribution in [0, 0.1) is 0 Å². The fourth-order valence-corrected chi connectivity index (χ4v) is 2.44. The fourth-order valence-electron chi connectivity index (χ4n) is 1.05. The Kier molecular flexibility index (Phi) is 9.87. The first-order valence-corrected chi connectivity index (χ1v) is 6.86. The topological polar surface area (TPSA) is 18.5 Å².